The van der Waals surface area contributed by atoms with Crippen molar-refractivity contribution < 1.29 is 17.9 Å². The predicted molar refractivity (Wildman–Crippen MR) is 106 cm³/mol. The summed E-state index contributed by atoms with van der Waals surface area (Å²) in [7, 11) is -3.51. The fraction of sp³-hybridized carbons (Fsp3) is 0.421. The number of amides is 1. The van der Waals surface area contributed by atoms with E-state index in [2.05, 4.69) is 0 Å². The van der Waals surface area contributed by atoms with Gasteiger partial charge < -0.3 is 9.64 Å². The Hall–Kier alpha value is -1.90. The van der Waals surface area contributed by atoms with Gasteiger partial charge in [0.05, 0.1) is 11.5 Å². The molecule has 1 fully saturated rings. The topological polar surface area (TPSA) is 66.9 Å². The van der Waals surface area contributed by atoms with E-state index in [-0.39, 0.29) is 5.91 Å². The molecule has 0 atom stereocenters. The van der Waals surface area contributed by atoms with Crippen molar-refractivity contribution in [3.63, 3.8) is 0 Å². The maximum atomic E-state index is 12.9. The van der Waals surface area contributed by atoms with Crippen LogP contribution in [0.1, 0.15) is 27.0 Å². The number of carbonyl (C=O) groups excluding carboxylic acids is 1. The van der Waals surface area contributed by atoms with Crippen molar-refractivity contribution in [2.24, 2.45) is 0 Å². The number of nitrogens with zero attached hydrogens (tertiary/aromatic N) is 2. The molecule has 1 aromatic carbocycles. The second-order valence-corrected chi connectivity index (χ2v) is 9.80. The van der Waals surface area contributed by atoms with Crippen LogP contribution in [0.25, 0.3) is 0 Å². The molecule has 2 aromatic rings. The normalized spacial score (nSPS) is 15.7. The molecule has 0 spiro atoms. The highest BCUT2D eigenvalue weighted by Crippen LogP contribution is 2.28. The Bertz CT molecular complexity index is 912. The Morgan fingerprint density at radius 1 is 1.11 bits per heavy atom. The van der Waals surface area contributed by atoms with Gasteiger partial charge in [-0.2, -0.15) is 4.31 Å². The minimum atomic E-state index is -3.51. The highest BCUT2D eigenvalue weighted by Gasteiger charge is 2.32. The zero-order valence-corrected chi connectivity index (χ0v) is 17.4. The summed E-state index contributed by atoms with van der Waals surface area (Å²) in [5.41, 5.74) is 0.582. The van der Waals surface area contributed by atoms with E-state index in [9.17, 15) is 13.2 Å². The van der Waals surface area contributed by atoms with Crippen LogP contribution in [0, 0.1) is 13.8 Å². The second kappa shape index (κ2) is 8.00. The molecule has 8 heteroatoms. The number of carbonyl (C=O) groups is 1. The van der Waals surface area contributed by atoms with Crippen molar-refractivity contribution in [3.8, 4) is 5.75 Å². The fourth-order valence-corrected chi connectivity index (χ4v) is 6.12. The third-order valence-electron chi connectivity index (χ3n) is 4.55. The number of hydrogen-bond acceptors (Lipinski definition) is 5. The summed E-state index contributed by atoms with van der Waals surface area (Å²) in [5.74, 6) is 0.643. The van der Waals surface area contributed by atoms with E-state index in [1.807, 2.05) is 20.8 Å². The molecular formula is C19H24N2O4S2. The predicted octanol–water partition coefficient (Wildman–Crippen LogP) is 2.91. The minimum Gasteiger partial charge on any atom is -0.494 e. The minimum absolute atomic E-state index is 0.0855. The van der Waals surface area contributed by atoms with Gasteiger partial charge >= 0.3 is 0 Å². The van der Waals surface area contributed by atoms with Crippen molar-refractivity contribution >= 4 is 27.3 Å². The van der Waals surface area contributed by atoms with Crippen LogP contribution in [-0.4, -0.2) is 56.3 Å². The van der Waals surface area contributed by atoms with Gasteiger partial charge in [-0.15, -0.1) is 11.3 Å². The van der Waals surface area contributed by atoms with E-state index in [0.717, 1.165) is 15.5 Å². The van der Waals surface area contributed by atoms with E-state index in [1.54, 1.807) is 35.2 Å². The molecule has 0 aliphatic carbocycles. The number of thiophene rings is 1. The Morgan fingerprint density at radius 3 is 2.26 bits per heavy atom. The lowest BCUT2D eigenvalue weighted by Gasteiger charge is -2.34. The van der Waals surface area contributed by atoms with E-state index < -0.39 is 10.0 Å². The molecule has 1 saturated heterocycles. The van der Waals surface area contributed by atoms with Crippen molar-refractivity contribution in [1.29, 1.82) is 0 Å². The number of rotatable bonds is 5. The van der Waals surface area contributed by atoms with Gasteiger partial charge in [0.15, 0.2) is 0 Å². The highest BCUT2D eigenvalue weighted by atomic mass is 32.2. The second-order valence-electron chi connectivity index (χ2n) is 6.43. The molecule has 6 nitrogen and oxygen atoms in total. The van der Waals surface area contributed by atoms with Gasteiger partial charge in [-0.25, -0.2) is 8.42 Å². The molecule has 2 heterocycles. The van der Waals surface area contributed by atoms with Crippen LogP contribution in [0.3, 0.4) is 0 Å². The molecule has 1 aromatic heterocycles. The van der Waals surface area contributed by atoms with Gasteiger partial charge in [0, 0.05) is 41.5 Å². The first kappa shape index (κ1) is 19.9. The summed E-state index contributed by atoms with van der Waals surface area (Å²) in [6.45, 7) is 7.60. The maximum absolute atomic E-state index is 12.9. The van der Waals surface area contributed by atoms with Crippen LogP contribution in [0.15, 0.2) is 35.2 Å². The number of sulfonamides is 1. The number of ether oxygens (including phenoxy) is 1. The first-order chi connectivity index (χ1) is 12.8. The van der Waals surface area contributed by atoms with Gasteiger partial charge in [-0.3, -0.25) is 4.79 Å². The lowest BCUT2D eigenvalue weighted by molar-refractivity contribution is 0.0698. The van der Waals surface area contributed by atoms with E-state index in [1.165, 1.54) is 15.6 Å². The fourth-order valence-electron chi connectivity index (χ4n) is 3.18. The number of benzene rings is 1. The molecule has 0 bridgehead atoms. The molecule has 0 saturated carbocycles. The maximum Gasteiger partial charge on any atom is 0.253 e. The quantitative estimate of drug-likeness (QED) is 0.763. The van der Waals surface area contributed by atoms with Gasteiger partial charge in [0.25, 0.3) is 5.91 Å². The molecule has 0 unspecified atom stereocenters. The van der Waals surface area contributed by atoms with Crippen LogP contribution in [0.5, 0.6) is 5.75 Å². The zero-order chi connectivity index (χ0) is 19.6. The summed E-state index contributed by atoms with van der Waals surface area (Å²) in [5, 5.41) is 0. The van der Waals surface area contributed by atoms with Crippen LogP contribution in [-0.2, 0) is 10.0 Å². The Balaban J connectivity index is 1.66. The van der Waals surface area contributed by atoms with Crippen LogP contribution >= 0.6 is 11.3 Å². The van der Waals surface area contributed by atoms with Crippen LogP contribution < -0.4 is 4.74 Å². The smallest absolute Gasteiger partial charge is 0.253 e. The molecular weight excluding hydrogens is 384 g/mol. The van der Waals surface area contributed by atoms with E-state index >= 15 is 0 Å². The number of piperazine rings is 1. The summed E-state index contributed by atoms with van der Waals surface area (Å²) in [4.78, 5) is 16.5. The van der Waals surface area contributed by atoms with Crippen molar-refractivity contribution in [2.75, 3.05) is 32.8 Å². The summed E-state index contributed by atoms with van der Waals surface area (Å²) in [6.07, 6.45) is 0. The largest absolute Gasteiger partial charge is 0.494 e. The summed E-state index contributed by atoms with van der Waals surface area (Å²) >= 11 is 1.49. The third-order valence-corrected chi connectivity index (χ3v) is 7.67. The Kier molecular flexibility index (Phi) is 5.88. The van der Waals surface area contributed by atoms with E-state index in [4.69, 9.17) is 4.74 Å². The molecule has 3 rings (SSSR count). The zero-order valence-electron chi connectivity index (χ0n) is 15.8. The highest BCUT2D eigenvalue weighted by molar-refractivity contribution is 7.89. The molecule has 0 radical (unpaired) electrons. The Morgan fingerprint density at radius 2 is 1.74 bits per heavy atom. The molecule has 1 amide bonds. The average Bonchev–Trinajstić information content (AvgIpc) is 3.01. The van der Waals surface area contributed by atoms with Crippen LogP contribution in [0.2, 0.25) is 0 Å². The molecule has 0 N–H and O–H groups in total. The summed E-state index contributed by atoms with van der Waals surface area (Å²) < 4.78 is 32.6. The number of aryl methyl sites for hydroxylation is 2. The molecule has 146 valence electrons. The third kappa shape index (κ3) is 4.17. The molecule has 1 aliphatic rings. The van der Waals surface area contributed by atoms with Gasteiger partial charge in [0.2, 0.25) is 10.0 Å². The molecule has 1 aliphatic heterocycles. The van der Waals surface area contributed by atoms with Crippen molar-refractivity contribution in [2.45, 2.75) is 25.7 Å². The molecule has 27 heavy (non-hydrogen) atoms. The summed E-state index contributed by atoms with van der Waals surface area (Å²) in [6, 6.07) is 8.77. The Labute approximate surface area is 164 Å². The van der Waals surface area contributed by atoms with Crippen molar-refractivity contribution in [3.05, 3.63) is 45.6 Å². The van der Waals surface area contributed by atoms with Crippen molar-refractivity contribution in [1.82, 2.24) is 9.21 Å². The first-order valence-corrected chi connectivity index (χ1v) is 11.2. The monoisotopic (exact) mass is 408 g/mol. The lowest BCUT2D eigenvalue weighted by atomic mass is 10.2. The standard InChI is InChI=1S/C19H24N2O4S2/c1-4-25-17-7-5-16(6-8-17)19(22)20-9-11-21(12-10-20)27(23,24)18-13-14(2)26-15(18)3/h5-8,13H,4,9-12H2,1-3H3. The van der Waals surface area contributed by atoms with Gasteiger partial charge in [-0.05, 0) is 51.1 Å². The van der Waals surface area contributed by atoms with Gasteiger partial charge in [0.1, 0.15) is 5.75 Å². The van der Waals surface area contributed by atoms with Gasteiger partial charge in [-0.1, -0.05) is 0 Å². The number of hydrogen-bond donors (Lipinski definition) is 0. The lowest BCUT2D eigenvalue weighted by Crippen LogP contribution is -2.50. The van der Waals surface area contributed by atoms with Crippen LogP contribution in [0.4, 0.5) is 0 Å². The van der Waals surface area contributed by atoms with E-state index in [0.29, 0.717) is 43.2 Å². The first-order valence-electron chi connectivity index (χ1n) is 8.92. The average molecular weight is 409 g/mol. The SMILES string of the molecule is CCOc1ccc(C(=O)N2CCN(S(=O)(=O)c3cc(C)sc3C)CC2)cc1.